The summed E-state index contributed by atoms with van der Waals surface area (Å²) in [6, 6.07) is 0.00361. The molecule has 2 rings (SSSR count). The second-order valence-corrected chi connectivity index (χ2v) is 7.73. The predicted octanol–water partition coefficient (Wildman–Crippen LogP) is 1.85. The Hall–Kier alpha value is 0.0949. The Morgan fingerprint density at radius 2 is 2.09 bits per heavy atom. The van der Waals surface area contributed by atoms with Crippen LogP contribution in [0.3, 0.4) is 0 Å². The molecular formula is C14H28BO6P. The third-order valence-electron chi connectivity index (χ3n) is 4.47. The molecule has 22 heavy (non-hydrogen) atoms. The smallest absolute Gasteiger partial charge is 0.378 e. The highest BCUT2D eigenvalue weighted by molar-refractivity contribution is 7.47. The third-order valence-corrected chi connectivity index (χ3v) is 5.47. The molecule has 2 aliphatic rings. The standard InChI is InChI=1S/C14H28BO6P/c1-3-8-18-10-14-7-5-6-11(13(15)20-14)12(14)21-22(16,17)19-9-4-2/h11-13H,3-10,15H2,1-2H3,(H,16,17)/t11?,12?,13?,14-/m1/s1. The molecule has 0 spiro atoms. The lowest BCUT2D eigenvalue weighted by atomic mass is 9.73. The Morgan fingerprint density at radius 1 is 1.36 bits per heavy atom. The molecule has 0 radical (unpaired) electrons. The molecule has 8 heteroatoms. The van der Waals surface area contributed by atoms with Crippen LogP contribution >= 0.6 is 7.82 Å². The van der Waals surface area contributed by atoms with Crippen LogP contribution in [0.15, 0.2) is 0 Å². The molecule has 1 saturated heterocycles. The van der Waals surface area contributed by atoms with Gasteiger partial charge >= 0.3 is 7.82 Å². The molecule has 0 aromatic rings. The predicted molar refractivity (Wildman–Crippen MR) is 85.5 cm³/mol. The number of fused-ring (bicyclic) bond motifs is 2. The topological polar surface area (TPSA) is 74.2 Å². The van der Waals surface area contributed by atoms with Crippen LogP contribution in [-0.4, -0.2) is 50.3 Å². The zero-order valence-corrected chi connectivity index (χ0v) is 14.7. The van der Waals surface area contributed by atoms with E-state index in [2.05, 4.69) is 0 Å². The quantitative estimate of drug-likeness (QED) is 0.394. The fraction of sp³-hybridized carbons (Fsp3) is 1.00. The first-order valence-electron chi connectivity index (χ1n) is 8.35. The highest BCUT2D eigenvalue weighted by atomic mass is 31.2. The van der Waals surface area contributed by atoms with Gasteiger partial charge in [-0.2, -0.15) is 0 Å². The van der Waals surface area contributed by atoms with E-state index in [0.717, 1.165) is 25.7 Å². The van der Waals surface area contributed by atoms with Gasteiger partial charge in [0.1, 0.15) is 19.6 Å². The van der Waals surface area contributed by atoms with E-state index in [-0.39, 0.29) is 18.5 Å². The molecule has 1 aliphatic heterocycles. The molecule has 0 aromatic carbocycles. The van der Waals surface area contributed by atoms with Crippen molar-refractivity contribution >= 4 is 15.7 Å². The molecule has 5 atom stereocenters. The summed E-state index contributed by atoms with van der Waals surface area (Å²) in [6.07, 6.45) is 3.90. The minimum Gasteiger partial charge on any atom is -0.378 e. The SMILES string of the molecule is BC1O[C@@]2(COCCC)CCCC1C2OP(=O)(O)OCCC. The lowest BCUT2D eigenvalue weighted by Gasteiger charge is -2.39. The second kappa shape index (κ2) is 7.78. The summed E-state index contributed by atoms with van der Waals surface area (Å²) in [5.74, 6) is 0.115. The fourth-order valence-corrected chi connectivity index (χ4v) is 4.63. The monoisotopic (exact) mass is 334 g/mol. The van der Waals surface area contributed by atoms with Crippen LogP contribution in [0, 0.1) is 5.92 Å². The number of phosphoric acid groups is 1. The minimum atomic E-state index is -4.06. The van der Waals surface area contributed by atoms with Crippen molar-refractivity contribution in [2.24, 2.45) is 5.92 Å². The number of ether oxygens (including phenoxy) is 2. The average molecular weight is 334 g/mol. The molecule has 1 N–H and O–H groups in total. The van der Waals surface area contributed by atoms with Crippen molar-refractivity contribution < 1.29 is 28.0 Å². The molecule has 6 nitrogen and oxygen atoms in total. The first-order chi connectivity index (χ1) is 10.4. The molecule has 4 unspecified atom stereocenters. The Bertz CT molecular complexity index is 409. The van der Waals surface area contributed by atoms with Gasteiger partial charge in [0.05, 0.1) is 13.2 Å². The van der Waals surface area contributed by atoms with Gasteiger partial charge in [0.25, 0.3) is 0 Å². The van der Waals surface area contributed by atoms with Gasteiger partial charge in [-0.25, -0.2) is 4.57 Å². The van der Waals surface area contributed by atoms with Crippen molar-refractivity contribution in [3.05, 3.63) is 0 Å². The van der Waals surface area contributed by atoms with Gasteiger partial charge in [-0.05, 0) is 32.1 Å². The summed E-state index contributed by atoms with van der Waals surface area (Å²) >= 11 is 0. The summed E-state index contributed by atoms with van der Waals surface area (Å²) in [4.78, 5) is 9.95. The summed E-state index contributed by atoms with van der Waals surface area (Å²) in [5, 5.41) is 0. The fourth-order valence-electron chi connectivity index (χ4n) is 3.52. The summed E-state index contributed by atoms with van der Waals surface area (Å²) < 4.78 is 34.6. The number of phosphoric ester groups is 1. The van der Waals surface area contributed by atoms with Gasteiger partial charge in [-0.1, -0.05) is 13.8 Å². The molecule has 1 heterocycles. The van der Waals surface area contributed by atoms with Crippen molar-refractivity contribution in [1.82, 2.24) is 0 Å². The van der Waals surface area contributed by atoms with E-state index in [1.54, 1.807) is 0 Å². The van der Waals surface area contributed by atoms with Crippen molar-refractivity contribution in [3.63, 3.8) is 0 Å². The lowest BCUT2D eigenvalue weighted by molar-refractivity contribution is -0.122. The zero-order chi connectivity index (χ0) is 16.2. The molecular weight excluding hydrogens is 306 g/mol. The molecule has 128 valence electrons. The molecule has 1 aliphatic carbocycles. The van der Waals surface area contributed by atoms with Crippen LogP contribution in [0.2, 0.25) is 0 Å². The summed E-state index contributed by atoms with van der Waals surface area (Å²) in [6.45, 7) is 5.20. The largest absolute Gasteiger partial charge is 0.472 e. The molecule has 2 bridgehead atoms. The van der Waals surface area contributed by atoms with E-state index < -0.39 is 19.5 Å². The van der Waals surface area contributed by atoms with Crippen LogP contribution in [0.5, 0.6) is 0 Å². The summed E-state index contributed by atoms with van der Waals surface area (Å²) in [5.41, 5.74) is -0.620. The average Bonchev–Trinajstić information content (AvgIpc) is 2.60. The minimum absolute atomic E-state index is 0.00361. The van der Waals surface area contributed by atoms with Gasteiger partial charge in [-0.3, -0.25) is 9.05 Å². The van der Waals surface area contributed by atoms with E-state index in [4.69, 9.17) is 18.5 Å². The van der Waals surface area contributed by atoms with Gasteiger partial charge in [0.2, 0.25) is 0 Å². The molecule has 2 fully saturated rings. The van der Waals surface area contributed by atoms with Crippen molar-refractivity contribution in [2.45, 2.75) is 63.7 Å². The normalized spacial score (nSPS) is 37.1. The van der Waals surface area contributed by atoms with Crippen molar-refractivity contribution in [1.29, 1.82) is 0 Å². The van der Waals surface area contributed by atoms with Crippen LogP contribution in [0.1, 0.15) is 46.0 Å². The molecule has 0 aromatic heterocycles. The van der Waals surface area contributed by atoms with Crippen molar-refractivity contribution in [2.75, 3.05) is 19.8 Å². The Labute approximate surface area is 133 Å². The lowest BCUT2D eigenvalue weighted by Crippen LogP contribution is -2.49. The Kier molecular flexibility index (Phi) is 6.52. The highest BCUT2D eigenvalue weighted by Gasteiger charge is 2.58. The molecule has 0 amide bonds. The van der Waals surface area contributed by atoms with Gasteiger partial charge < -0.3 is 14.4 Å². The van der Waals surface area contributed by atoms with E-state index in [9.17, 15) is 9.46 Å². The first kappa shape index (κ1) is 18.4. The number of hydrogen-bond donors (Lipinski definition) is 1. The second-order valence-electron chi connectivity index (χ2n) is 6.32. The number of hydrogen-bond acceptors (Lipinski definition) is 5. The molecule has 1 saturated carbocycles. The van der Waals surface area contributed by atoms with Crippen molar-refractivity contribution in [3.8, 4) is 0 Å². The van der Waals surface area contributed by atoms with Gasteiger partial charge in [-0.15, -0.1) is 0 Å². The number of rotatable bonds is 9. The maximum atomic E-state index is 12.2. The highest BCUT2D eigenvalue weighted by Crippen LogP contribution is 2.54. The summed E-state index contributed by atoms with van der Waals surface area (Å²) in [7, 11) is -2.05. The van der Waals surface area contributed by atoms with E-state index >= 15 is 0 Å². The van der Waals surface area contributed by atoms with Gasteiger partial charge in [0.15, 0.2) is 0 Å². The third kappa shape index (κ3) is 4.13. The maximum absolute atomic E-state index is 12.2. The Balaban J connectivity index is 2.09. The van der Waals surface area contributed by atoms with E-state index in [1.807, 2.05) is 21.7 Å². The van der Waals surface area contributed by atoms with Gasteiger partial charge in [0, 0.05) is 18.5 Å². The van der Waals surface area contributed by atoms with Crippen LogP contribution < -0.4 is 0 Å². The van der Waals surface area contributed by atoms with E-state index in [0.29, 0.717) is 19.6 Å². The van der Waals surface area contributed by atoms with Crippen LogP contribution in [0.4, 0.5) is 0 Å². The first-order valence-corrected chi connectivity index (χ1v) is 9.85. The van der Waals surface area contributed by atoms with Crippen LogP contribution in [-0.2, 0) is 23.1 Å². The van der Waals surface area contributed by atoms with Crippen LogP contribution in [0.25, 0.3) is 0 Å². The zero-order valence-electron chi connectivity index (χ0n) is 13.8. The Morgan fingerprint density at radius 3 is 2.77 bits per heavy atom. The van der Waals surface area contributed by atoms with E-state index in [1.165, 1.54) is 0 Å². The maximum Gasteiger partial charge on any atom is 0.472 e.